The van der Waals surface area contributed by atoms with Gasteiger partial charge in [0.05, 0.1) is 19.1 Å². The van der Waals surface area contributed by atoms with E-state index >= 15 is 0 Å². The quantitative estimate of drug-likeness (QED) is 0.856. The lowest BCUT2D eigenvalue weighted by atomic mass is 9.85. The lowest BCUT2D eigenvalue weighted by molar-refractivity contribution is -0.125. The lowest BCUT2D eigenvalue weighted by Crippen LogP contribution is -2.70. The largest absolute Gasteiger partial charge is 0.445 e. The molecule has 6 heteroatoms. The molecule has 1 atom stereocenters. The third-order valence-electron chi connectivity index (χ3n) is 4.04. The zero-order valence-corrected chi connectivity index (χ0v) is 11.6. The molecule has 112 valence electrons. The van der Waals surface area contributed by atoms with E-state index in [1.165, 1.54) is 4.90 Å². The van der Waals surface area contributed by atoms with Gasteiger partial charge in [-0.05, 0) is 12.0 Å². The first-order chi connectivity index (χ1) is 10.1. The second-order valence-electron chi connectivity index (χ2n) is 5.66. The molecule has 2 amide bonds. The average Bonchev–Trinajstić information content (AvgIpc) is 2.89. The van der Waals surface area contributed by atoms with E-state index in [0.717, 1.165) is 5.56 Å². The zero-order chi connectivity index (χ0) is 14.9. The fourth-order valence-corrected chi connectivity index (χ4v) is 2.79. The van der Waals surface area contributed by atoms with Crippen LogP contribution in [-0.2, 0) is 16.1 Å². The van der Waals surface area contributed by atoms with E-state index in [-0.39, 0.29) is 31.6 Å². The third-order valence-corrected chi connectivity index (χ3v) is 4.04. The van der Waals surface area contributed by atoms with Crippen LogP contribution in [0.4, 0.5) is 4.79 Å². The van der Waals surface area contributed by atoms with Gasteiger partial charge >= 0.3 is 6.09 Å². The Hall–Kier alpha value is -2.08. The predicted octanol–water partition coefficient (Wildman–Crippen LogP) is 0.649. The minimum atomic E-state index is -1.02. The van der Waals surface area contributed by atoms with Crippen molar-refractivity contribution in [2.45, 2.75) is 31.1 Å². The number of ether oxygens (including phenoxy) is 1. The van der Waals surface area contributed by atoms with Crippen LogP contribution in [0.5, 0.6) is 0 Å². The third kappa shape index (κ3) is 2.85. The van der Waals surface area contributed by atoms with Gasteiger partial charge in [-0.3, -0.25) is 4.79 Å². The van der Waals surface area contributed by atoms with Crippen molar-refractivity contribution in [3.8, 4) is 0 Å². The number of carbonyl (C=O) groups is 2. The minimum Gasteiger partial charge on any atom is -0.445 e. The summed E-state index contributed by atoms with van der Waals surface area (Å²) in [6, 6.07) is 9.17. The molecule has 2 N–H and O–H groups in total. The Bertz CT molecular complexity index is 540. The maximum atomic E-state index is 11.9. The van der Waals surface area contributed by atoms with E-state index < -0.39 is 11.7 Å². The highest BCUT2D eigenvalue weighted by molar-refractivity contribution is 5.79. The smallest absolute Gasteiger partial charge is 0.410 e. The van der Waals surface area contributed by atoms with Gasteiger partial charge in [0.1, 0.15) is 12.2 Å². The number of rotatable bonds is 3. The molecule has 0 aliphatic carbocycles. The van der Waals surface area contributed by atoms with Crippen LogP contribution < -0.4 is 5.32 Å². The van der Waals surface area contributed by atoms with Crippen LogP contribution in [0.25, 0.3) is 0 Å². The van der Waals surface area contributed by atoms with Gasteiger partial charge in [0, 0.05) is 6.42 Å². The Kier molecular flexibility index (Phi) is 3.55. The highest BCUT2D eigenvalue weighted by Gasteiger charge is 2.51. The van der Waals surface area contributed by atoms with Gasteiger partial charge in [0.15, 0.2) is 0 Å². The summed E-state index contributed by atoms with van der Waals surface area (Å²) in [5, 5.41) is 13.1. The van der Waals surface area contributed by atoms with Crippen molar-refractivity contribution in [1.29, 1.82) is 0 Å². The fraction of sp³-hybridized carbons (Fsp3) is 0.467. The second kappa shape index (κ2) is 5.37. The van der Waals surface area contributed by atoms with E-state index in [2.05, 4.69) is 5.32 Å². The number of aliphatic hydroxyl groups is 1. The number of hydrogen-bond donors (Lipinski definition) is 2. The summed E-state index contributed by atoms with van der Waals surface area (Å²) >= 11 is 0. The van der Waals surface area contributed by atoms with Crippen LogP contribution in [0, 0.1) is 0 Å². The summed E-state index contributed by atoms with van der Waals surface area (Å²) in [5.74, 6) is -0.0430. The summed E-state index contributed by atoms with van der Waals surface area (Å²) in [7, 11) is 0. The topological polar surface area (TPSA) is 78.9 Å². The van der Waals surface area contributed by atoms with E-state index in [9.17, 15) is 14.7 Å². The van der Waals surface area contributed by atoms with Crippen LogP contribution in [0.1, 0.15) is 18.4 Å². The van der Waals surface area contributed by atoms with Crippen molar-refractivity contribution >= 4 is 12.0 Å². The molecule has 3 rings (SSSR count). The van der Waals surface area contributed by atoms with Gasteiger partial charge in [-0.1, -0.05) is 30.3 Å². The molecule has 2 heterocycles. The predicted molar refractivity (Wildman–Crippen MR) is 74.3 cm³/mol. The van der Waals surface area contributed by atoms with Gasteiger partial charge in [0.25, 0.3) is 0 Å². The molecule has 6 nitrogen and oxygen atoms in total. The number of nitrogens with zero attached hydrogens (tertiary/aromatic N) is 1. The Morgan fingerprint density at radius 1 is 1.38 bits per heavy atom. The Balaban J connectivity index is 1.47. The number of carbonyl (C=O) groups excluding carboxylic acids is 2. The Morgan fingerprint density at radius 2 is 2.10 bits per heavy atom. The minimum absolute atomic E-state index is 0.0430. The van der Waals surface area contributed by atoms with Crippen molar-refractivity contribution in [2.24, 2.45) is 0 Å². The zero-order valence-electron chi connectivity index (χ0n) is 11.6. The van der Waals surface area contributed by atoms with Crippen molar-refractivity contribution in [2.75, 3.05) is 13.1 Å². The van der Waals surface area contributed by atoms with Gasteiger partial charge in [-0.15, -0.1) is 0 Å². The van der Waals surface area contributed by atoms with E-state index in [0.29, 0.717) is 12.8 Å². The van der Waals surface area contributed by atoms with Crippen LogP contribution in [0.15, 0.2) is 30.3 Å². The van der Waals surface area contributed by atoms with Crippen molar-refractivity contribution in [1.82, 2.24) is 10.2 Å². The summed E-state index contributed by atoms with van der Waals surface area (Å²) in [4.78, 5) is 24.5. The highest BCUT2D eigenvalue weighted by atomic mass is 16.6. The summed E-state index contributed by atoms with van der Waals surface area (Å²) in [5.41, 5.74) is -0.0949. The number of likely N-dealkylation sites (tertiary alicyclic amines) is 1. The average molecular weight is 290 g/mol. The molecule has 0 radical (unpaired) electrons. The van der Waals surface area contributed by atoms with Gasteiger partial charge < -0.3 is 20.1 Å². The molecule has 2 aliphatic rings. The standard InChI is InChI=1S/C15H18N2O4/c18-13-7-6-12(16-13)15(20)9-17(10-15)14(19)21-8-11-4-2-1-3-5-11/h1-5,12,20H,6-10H2,(H,16,18). The monoisotopic (exact) mass is 290 g/mol. The first-order valence-electron chi connectivity index (χ1n) is 7.04. The van der Waals surface area contributed by atoms with Crippen LogP contribution in [0.2, 0.25) is 0 Å². The summed E-state index contributed by atoms with van der Waals surface area (Å²) < 4.78 is 5.20. The first-order valence-corrected chi connectivity index (χ1v) is 7.04. The molecule has 0 aromatic heterocycles. The molecule has 2 aliphatic heterocycles. The molecule has 0 saturated carbocycles. The van der Waals surface area contributed by atoms with E-state index in [1.54, 1.807) is 0 Å². The van der Waals surface area contributed by atoms with Gasteiger partial charge in [0.2, 0.25) is 5.91 Å². The number of amides is 2. The highest BCUT2D eigenvalue weighted by Crippen LogP contribution is 2.30. The molecular weight excluding hydrogens is 272 g/mol. The van der Waals surface area contributed by atoms with E-state index in [4.69, 9.17) is 4.74 Å². The van der Waals surface area contributed by atoms with Crippen LogP contribution >= 0.6 is 0 Å². The molecule has 1 unspecified atom stereocenters. The Labute approximate surface area is 122 Å². The number of β-amino-alcohol motifs (C(OH)–C–C–N with tert-alkyl or cyclic N) is 1. The van der Waals surface area contributed by atoms with Crippen LogP contribution in [0.3, 0.4) is 0 Å². The molecule has 1 aromatic carbocycles. The Morgan fingerprint density at radius 3 is 2.71 bits per heavy atom. The van der Waals surface area contributed by atoms with E-state index in [1.807, 2.05) is 30.3 Å². The normalized spacial score (nSPS) is 23.4. The number of hydrogen-bond acceptors (Lipinski definition) is 4. The number of nitrogens with one attached hydrogen (secondary N) is 1. The molecule has 21 heavy (non-hydrogen) atoms. The maximum Gasteiger partial charge on any atom is 0.410 e. The maximum absolute atomic E-state index is 11.9. The van der Waals surface area contributed by atoms with Crippen molar-refractivity contribution < 1.29 is 19.4 Å². The molecular formula is C15H18N2O4. The molecule has 0 bridgehead atoms. The van der Waals surface area contributed by atoms with Crippen molar-refractivity contribution in [3.63, 3.8) is 0 Å². The first kappa shape index (κ1) is 13.9. The summed E-state index contributed by atoms with van der Waals surface area (Å²) in [6.45, 7) is 0.617. The van der Waals surface area contributed by atoms with Gasteiger partial charge in [-0.25, -0.2) is 4.79 Å². The molecule has 2 saturated heterocycles. The second-order valence-corrected chi connectivity index (χ2v) is 5.66. The fourth-order valence-electron chi connectivity index (χ4n) is 2.79. The SMILES string of the molecule is O=C1CCC(C2(O)CN(C(=O)OCc3ccccc3)C2)N1. The van der Waals surface area contributed by atoms with Crippen molar-refractivity contribution in [3.05, 3.63) is 35.9 Å². The molecule has 2 fully saturated rings. The van der Waals surface area contributed by atoms with Gasteiger partial charge in [-0.2, -0.15) is 0 Å². The van der Waals surface area contributed by atoms with Crippen LogP contribution in [-0.4, -0.2) is 46.7 Å². The molecule has 1 aromatic rings. The molecule has 0 spiro atoms. The lowest BCUT2D eigenvalue weighted by Gasteiger charge is -2.48. The summed E-state index contributed by atoms with van der Waals surface area (Å²) in [6.07, 6.45) is 0.612. The number of benzene rings is 1.